The number of fused-ring (bicyclic) bond motifs is 1. The topological polar surface area (TPSA) is 66.7 Å². The number of pyridine rings is 1. The Bertz CT molecular complexity index is 885. The van der Waals surface area contributed by atoms with Crippen molar-refractivity contribution in [1.29, 1.82) is 0 Å². The minimum Gasteiger partial charge on any atom is -0.497 e. The number of aliphatic hydroxyl groups excluding tert-OH is 1. The molecule has 0 radical (unpaired) electrons. The van der Waals surface area contributed by atoms with E-state index in [-0.39, 0.29) is 6.10 Å². The Kier molecular flexibility index (Phi) is 6.57. The van der Waals surface area contributed by atoms with Crippen molar-refractivity contribution < 1.29 is 9.84 Å². The Morgan fingerprint density at radius 3 is 2.83 bits per heavy atom. The van der Waals surface area contributed by atoms with Gasteiger partial charge in [-0.15, -0.1) is 0 Å². The summed E-state index contributed by atoms with van der Waals surface area (Å²) in [4.78, 5) is 8.91. The van der Waals surface area contributed by atoms with Crippen molar-refractivity contribution in [3.8, 4) is 5.75 Å². The van der Waals surface area contributed by atoms with Crippen LogP contribution < -0.4 is 10.1 Å². The van der Waals surface area contributed by atoms with Crippen LogP contribution in [0.5, 0.6) is 5.75 Å². The second kappa shape index (κ2) is 9.51. The van der Waals surface area contributed by atoms with Gasteiger partial charge in [0.2, 0.25) is 0 Å². The number of aromatic nitrogens is 1. The maximum Gasteiger partial charge on any atom is 0.119 e. The minimum absolute atomic E-state index is 0.319. The molecule has 4 rings (SSSR count). The van der Waals surface area contributed by atoms with Gasteiger partial charge in [0.1, 0.15) is 5.75 Å². The third-order valence-electron chi connectivity index (χ3n) is 6.34. The van der Waals surface area contributed by atoms with Crippen molar-refractivity contribution in [2.24, 2.45) is 10.9 Å². The summed E-state index contributed by atoms with van der Waals surface area (Å²) in [6.45, 7) is 0.896. The Balaban J connectivity index is 1.32. The lowest BCUT2D eigenvalue weighted by molar-refractivity contribution is 0.0792. The minimum atomic E-state index is -0.319. The molecule has 0 bridgehead atoms. The van der Waals surface area contributed by atoms with Crippen LogP contribution in [0.3, 0.4) is 0 Å². The smallest absolute Gasteiger partial charge is 0.119 e. The van der Waals surface area contributed by atoms with Gasteiger partial charge >= 0.3 is 0 Å². The molecule has 1 aliphatic heterocycles. The quantitative estimate of drug-likeness (QED) is 0.745. The summed E-state index contributed by atoms with van der Waals surface area (Å²) in [7, 11) is 1.68. The van der Waals surface area contributed by atoms with Crippen molar-refractivity contribution in [1.82, 2.24) is 10.3 Å². The molecule has 29 heavy (non-hydrogen) atoms. The maximum atomic E-state index is 10.9. The summed E-state index contributed by atoms with van der Waals surface area (Å²) in [5.41, 5.74) is 3.35. The van der Waals surface area contributed by atoms with E-state index in [1.54, 1.807) is 7.11 Å². The number of nitrogens with one attached hydrogen (secondary N) is 1. The highest BCUT2D eigenvalue weighted by atomic mass is 16.5. The zero-order valence-electron chi connectivity index (χ0n) is 17.2. The predicted octanol–water partition coefficient (Wildman–Crippen LogP) is 4.04. The molecule has 154 valence electrons. The molecule has 2 N–H and O–H groups in total. The molecule has 5 heteroatoms. The number of methoxy groups -OCH3 is 1. The van der Waals surface area contributed by atoms with E-state index in [1.807, 2.05) is 36.7 Å². The molecule has 1 atom stereocenters. The van der Waals surface area contributed by atoms with Crippen LogP contribution >= 0.6 is 0 Å². The average Bonchev–Trinajstić information content (AvgIpc) is 2.78. The number of aliphatic hydroxyl groups is 1. The van der Waals surface area contributed by atoms with Gasteiger partial charge in [0.05, 0.1) is 18.7 Å². The highest BCUT2D eigenvalue weighted by Crippen LogP contribution is 2.30. The van der Waals surface area contributed by atoms with Gasteiger partial charge in [-0.05, 0) is 80.7 Å². The van der Waals surface area contributed by atoms with Crippen LogP contribution in [-0.4, -0.2) is 41.6 Å². The Morgan fingerprint density at radius 2 is 2.07 bits per heavy atom. The fourth-order valence-electron chi connectivity index (χ4n) is 4.53. The predicted molar refractivity (Wildman–Crippen MR) is 118 cm³/mol. The van der Waals surface area contributed by atoms with Crippen LogP contribution in [0.1, 0.15) is 44.1 Å². The summed E-state index contributed by atoms with van der Waals surface area (Å²) < 4.78 is 5.37. The van der Waals surface area contributed by atoms with Crippen molar-refractivity contribution in [3.63, 3.8) is 0 Å². The van der Waals surface area contributed by atoms with Gasteiger partial charge in [0.15, 0.2) is 0 Å². The average molecular weight is 394 g/mol. The van der Waals surface area contributed by atoms with Gasteiger partial charge in [-0.3, -0.25) is 9.98 Å². The number of aliphatic imine (C=N–C) groups is 1. The van der Waals surface area contributed by atoms with E-state index < -0.39 is 0 Å². The monoisotopic (exact) mass is 393 g/mol. The highest BCUT2D eigenvalue weighted by molar-refractivity contribution is 5.87. The van der Waals surface area contributed by atoms with Crippen molar-refractivity contribution in [2.45, 2.75) is 57.1 Å². The van der Waals surface area contributed by atoms with Crippen LogP contribution in [0.15, 0.2) is 47.7 Å². The molecule has 0 unspecified atom stereocenters. The number of ether oxygens (including phenoxy) is 1. The lowest BCUT2D eigenvalue weighted by Gasteiger charge is -2.32. The second-order valence-corrected chi connectivity index (χ2v) is 8.24. The maximum absolute atomic E-state index is 10.9. The van der Waals surface area contributed by atoms with E-state index in [0.717, 1.165) is 67.3 Å². The molecule has 1 aromatic carbocycles. The fourth-order valence-corrected chi connectivity index (χ4v) is 4.53. The van der Waals surface area contributed by atoms with Crippen LogP contribution in [0.4, 0.5) is 0 Å². The first-order chi connectivity index (χ1) is 14.2. The summed E-state index contributed by atoms with van der Waals surface area (Å²) in [6, 6.07) is 8.50. The number of nitrogens with zero attached hydrogens (tertiary/aromatic N) is 2. The van der Waals surface area contributed by atoms with Crippen LogP contribution in [0.2, 0.25) is 0 Å². The molecule has 1 aromatic heterocycles. The summed E-state index contributed by atoms with van der Waals surface area (Å²) in [5.74, 6) is 1.18. The lowest BCUT2D eigenvalue weighted by atomic mass is 9.80. The van der Waals surface area contributed by atoms with Crippen LogP contribution in [-0.2, 0) is 6.42 Å². The molecule has 2 aromatic rings. The standard InChI is InChI=1S/C24H31N3O2/c1-29-21-9-10-23-22(15-21)18(11-13-26-23)14-24(28)17-5-7-19(8-6-17)27-16-20-4-2-3-12-25-20/h3,9-13,15,17,19,24,27-28H,2,4-8,14,16H2,1H3/t17-,19-,24-/m1/s1. The first-order valence-corrected chi connectivity index (χ1v) is 10.8. The van der Waals surface area contributed by atoms with E-state index in [1.165, 1.54) is 5.71 Å². The summed E-state index contributed by atoms with van der Waals surface area (Å²) >= 11 is 0. The molecule has 0 amide bonds. The van der Waals surface area contributed by atoms with E-state index in [0.29, 0.717) is 18.4 Å². The van der Waals surface area contributed by atoms with Gasteiger partial charge in [-0.2, -0.15) is 0 Å². The van der Waals surface area contributed by atoms with Crippen LogP contribution in [0, 0.1) is 5.92 Å². The van der Waals surface area contributed by atoms with E-state index in [4.69, 9.17) is 4.74 Å². The molecular formula is C24H31N3O2. The Morgan fingerprint density at radius 1 is 1.21 bits per heavy atom. The van der Waals surface area contributed by atoms with Crippen molar-refractivity contribution >= 4 is 16.6 Å². The van der Waals surface area contributed by atoms with E-state index in [9.17, 15) is 5.11 Å². The number of hydrogen-bond acceptors (Lipinski definition) is 5. The summed E-state index contributed by atoms with van der Waals surface area (Å²) in [5, 5.41) is 15.7. The second-order valence-electron chi connectivity index (χ2n) is 8.24. The van der Waals surface area contributed by atoms with Gasteiger partial charge in [-0.25, -0.2) is 0 Å². The number of rotatable bonds is 7. The molecule has 1 saturated carbocycles. The van der Waals surface area contributed by atoms with E-state index >= 15 is 0 Å². The van der Waals surface area contributed by atoms with Crippen molar-refractivity contribution in [3.05, 3.63) is 48.3 Å². The number of hydrogen-bond donors (Lipinski definition) is 2. The zero-order chi connectivity index (χ0) is 20.1. The number of benzene rings is 1. The first-order valence-electron chi connectivity index (χ1n) is 10.8. The zero-order valence-corrected chi connectivity index (χ0v) is 17.2. The highest BCUT2D eigenvalue weighted by Gasteiger charge is 2.27. The largest absolute Gasteiger partial charge is 0.497 e. The Hall–Kier alpha value is -2.24. The third-order valence-corrected chi connectivity index (χ3v) is 6.34. The molecule has 5 nitrogen and oxygen atoms in total. The molecular weight excluding hydrogens is 362 g/mol. The summed E-state index contributed by atoms with van der Waals surface area (Å²) in [6.07, 6.45) is 12.8. The van der Waals surface area contributed by atoms with Gasteiger partial charge in [0, 0.05) is 36.1 Å². The van der Waals surface area contributed by atoms with Crippen LogP contribution in [0.25, 0.3) is 10.9 Å². The number of allylic oxidation sites excluding steroid dienone is 1. The van der Waals surface area contributed by atoms with Gasteiger partial charge in [-0.1, -0.05) is 6.08 Å². The molecule has 1 aliphatic carbocycles. The lowest BCUT2D eigenvalue weighted by Crippen LogP contribution is -2.39. The van der Waals surface area contributed by atoms with Gasteiger partial charge in [0.25, 0.3) is 0 Å². The Labute approximate surface area is 172 Å². The van der Waals surface area contributed by atoms with Crippen molar-refractivity contribution in [2.75, 3.05) is 13.7 Å². The third kappa shape index (κ3) is 5.03. The normalized spacial score (nSPS) is 23.0. The molecule has 2 aliphatic rings. The molecule has 1 fully saturated rings. The molecule has 0 spiro atoms. The first kappa shape index (κ1) is 20.0. The molecule has 2 heterocycles. The van der Waals surface area contributed by atoms with E-state index in [2.05, 4.69) is 21.4 Å². The SMILES string of the molecule is COc1ccc2nccc(C[C@@H](O)[C@H]3CC[C@H](NCC4=NC=CCC4)CC3)c2c1. The van der Waals surface area contributed by atoms with Gasteiger partial charge < -0.3 is 15.2 Å². The fraction of sp³-hybridized carbons (Fsp3) is 0.500. The molecule has 0 saturated heterocycles.